The maximum absolute atomic E-state index is 12.8. The molecule has 3 rings (SSSR count). The number of ether oxygens (including phenoxy) is 1. The molecule has 0 saturated heterocycles. The predicted octanol–water partition coefficient (Wildman–Crippen LogP) is 4.40. The molecule has 0 aromatic heterocycles. The van der Waals surface area contributed by atoms with Gasteiger partial charge in [-0.2, -0.15) is 5.10 Å². The SMILES string of the molecule is CCN(CC)c1ccc(/C=N/Nc2ccc(S(=O)(=O)Nc3ccc(OC)cc3)cc2[N+](=O)[O-])c(O)c1. The van der Waals surface area contributed by atoms with Gasteiger partial charge in [-0.3, -0.25) is 20.3 Å². The second-order valence-corrected chi connectivity index (χ2v) is 9.24. The highest BCUT2D eigenvalue weighted by atomic mass is 32.2. The van der Waals surface area contributed by atoms with Crippen molar-refractivity contribution in [1.29, 1.82) is 0 Å². The molecule has 0 amide bonds. The maximum atomic E-state index is 12.8. The molecule has 0 unspecified atom stereocenters. The molecule has 0 radical (unpaired) electrons. The number of nitrogens with one attached hydrogen (secondary N) is 2. The number of hydrazone groups is 1. The predicted molar refractivity (Wildman–Crippen MR) is 140 cm³/mol. The number of hydrogen-bond acceptors (Lipinski definition) is 9. The highest BCUT2D eigenvalue weighted by Crippen LogP contribution is 2.29. The summed E-state index contributed by atoms with van der Waals surface area (Å²) in [4.78, 5) is 12.7. The Bertz CT molecular complexity index is 1360. The van der Waals surface area contributed by atoms with E-state index in [1.165, 1.54) is 37.6 Å². The molecule has 0 aliphatic rings. The van der Waals surface area contributed by atoms with Gasteiger partial charge in [0.2, 0.25) is 0 Å². The molecule has 12 heteroatoms. The van der Waals surface area contributed by atoms with Crippen LogP contribution in [0, 0.1) is 10.1 Å². The molecule has 0 atom stereocenters. The van der Waals surface area contributed by atoms with Crippen molar-refractivity contribution in [2.24, 2.45) is 5.10 Å². The standard InChI is InChI=1S/C24H27N5O6S/c1-4-28(5-2)19-9-6-17(24(30)14-19)16-25-26-22-13-12-21(15-23(22)29(31)32)36(33,34)27-18-7-10-20(35-3)11-8-18/h6-16,26-27,30H,4-5H2,1-3H3/b25-16+. The average Bonchev–Trinajstić information content (AvgIpc) is 2.86. The van der Waals surface area contributed by atoms with E-state index in [4.69, 9.17) is 4.74 Å². The number of anilines is 3. The van der Waals surface area contributed by atoms with Crippen LogP contribution in [0.15, 0.2) is 70.7 Å². The van der Waals surface area contributed by atoms with Gasteiger partial charge in [-0.1, -0.05) is 0 Å². The lowest BCUT2D eigenvalue weighted by atomic mass is 10.2. The number of nitro benzene ring substituents is 1. The molecular formula is C24H27N5O6S. The molecule has 0 saturated carbocycles. The Morgan fingerprint density at radius 3 is 2.36 bits per heavy atom. The minimum Gasteiger partial charge on any atom is -0.507 e. The number of methoxy groups -OCH3 is 1. The highest BCUT2D eigenvalue weighted by Gasteiger charge is 2.21. The quantitative estimate of drug-likeness (QED) is 0.194. The number of aromatic hydroxyl groups is 1. The third kappa shape index (κ3) is 6.21. The Kier molecular flexibility index (Phi) is 8.33. The van der Waals surface area contributed by atoms with Crippen molar-refractivity contribution >= 4 is 39.0 Å². The molecule has 0 bridgehead atoms. The molecule has 0 spiro atoms. The van der Waals surface area contributed by atoms with Crippen LogP contribution >= 0.6 is 0 Å². The average molecular weight is 514 g/mol. The van der Waals surface area contributed by atoms with Crippen LogP contribution < -0.4 is 19.8 Å². The zero-order valence-electron chi connectivity index (χ0n) is 20.0. The summed E-state index contributed by atoms with van der Waals surface area (Å²) in [6.07, 6.45) is 1.32. The van der Waals surface area contributed by atoms with Crippen molar-refractivity contribution in [3.63, 3.8) is 0 Å². The van der Waals surface area contributed by atoms with Gasteiger partial charge in [0.25, 0.3) is 15.7 Å². The van der Waals surface area contributed by atoms with Gasteiger partial charge in [-0.15, -0.1) is 0 Å². The summed E-state index contributed by atoms with van der Waals surface area (Å²) in [5, 5.41) is 25.9. The molecule has 3 N–H and O–H groups in total. The molecule has 0 heterocycles. The summed E-state index contributed by atoms with van der Waals surface area (Å²) in [6, 6.07) is 14.8. The van der Waals surface area contributed by atoms with Crippen LogP contribution in [0.25, 0.3) is 0 Å². The lowest BCUT2D eigenvalue weighted by Gasteiger charge is -2.21. The summed E-state index contributed by atoms with van der Waals surface area (Å²) in [5.74, 6) is 0.559. The van der Waals surface area contributed by atoms with E-state index in [2.05, 4.69) is 20.1 Å². The van der Waals surface area contributed by atoms with Crippen molar-refractivity contribution < 1.29 is 23.2 Å². The highest BCUT2D eigenvalue weighted by molar-refractivity contribution is 7.92. The number of phenols is 1. The van der Waals surface area contributed by atoms with Crippen molar-refractivity contribution in [1.82, 2.24) is 0 Å². The molecule has 3 aromatic rings. The first-order chi connectivity index (χ1) is 17.2. The minimum atomic E-state index is -4.09. The van der Waals surface area contributed by atoms with E-state index in [0.29, 0.717) is 11.3 Å². The molecule has 0 aliphatic heterocycles. The number of nitro groups is 1. The Morgan fingerprint density at radius 1 is 1.08 bits per heavy atom. The zero-order chi connectivity index (χ0) is 26.3. The first-order valence-electron chi connectivity index (χ1n) is 11.0. The Hall–Kier alpha value is -4.32. The second kappa shape index (κ2) is 11.4. The van der Waals surface area contributed by atoms with Crippen LogP contribution in [-0.2, 0) is 10.0 Å². The number of phenolic OH excluding ortho intramolecular Hbond substituents is 1. The molecule has 3 aromatic carbocycles. The van der Waals surface area contributed by atoms with Crippen LogP contribution in [0.5, 0.6) is 11.5 Å². The fraction of sp³-hybridized carbons (Fsp3) is 0.208. The summed E-state index contributed by atoms with van der Waals surface area (Å²) in [6.45, 7) is 5.60. The van der Waals surface area contributed by atoms with Crippen molar-refractivity contribution in [3.8, 4) is 11.5 Å². The van der Waals surface area contributed by atoms with Gasteiger partial charge in [0.15, 0.2) is 0 Å². The maximum Gasteiger partial charge on any atom is 0.295 e. The Balaban J connectivity index is 1.79. The lowest BCUT2D eigenvalue weighted by Crippen LogP contribution is -2.21. The van der Waals surface area contributed by atoms with Gasteiger partial charge in [0.1, 0.15) is 17.2 Å². The zero-order valence-corrected chi connectivity index (χ0v) is 20.8. The largest absolute Gasteiger partial charge is 0.507 e. The van der Waals surface area contributed by atoms with Gasteiger partial charge in [0, 0.05) is 42.2 Å². The molecular weight excluding hydrogens is 486 g/mol. The normalized spacial score (nSPS) is 11.3. The summed E-state index contributed by atoms with van der Waals surface area (Å²) >= 11 is 0. The van der Waals surface area contributed by atoms with E-state index < -0.39 is 20.6 Å². The van der Waals surface area contributed by atoms with Crippen LogP contribution in [-0.4, -0.2) is 44.9 Å². The monoisotopic (exact) mass is 513 g/mol. The van der Waals surface area contributed by atoms with Crippen LogP contribution in [0.4, 0.5) is 22.7 Å². The number of hydrogen-bond donors (Lipinski definition) is 3. The molecule has 0 fully saturated rings. The van der Waals surface area contributed by atoms with Crippen molar-refractivity contribution in [2.75, 3.05) is 35.2 Å². The molecule has 11 nitrogen and oxygen atoms in total. The van der Waals surface area contributed by atoms with E-state index in [1.807, 2.05) is 19.9 Å². The third-order valence-electron chi connectivity index (χ3n) is 5.35. The first kappa shape index (κ1) is 26.3. The Morgan fingerprint density at radius 2 is 1.78 bits per heavy atom. The Labute approximate surface area is 209 Å². The van der Waals surface area contributed by atoms with Gasteiger partial charge in [-0.05, 0) is 62.4 Å². The summed E-state index contributed by atoms with van der Waals surface area (Å²) < 4.78 is 32.9. The lowest BCUT2D eigenvalue weighted by molar-refractivity contribution is -0.384. The van der Waals surface area contributed by atoms with Crippen molar-refractivity contribution in [3.05, 3.63) is 76.3 Å². The van der Waals surface area contributed by atoms with E-state index in [1.54, 1.807) is 24.3 Å². The van der Waals surface area contributed by atoms with Crippen LogP contribution in [0.3, 0.4) is 0 Å². The fourth-order valence-corrected chi connectivity index (χ4v) is 4.47. The molecule has 190 valence electrons. The summed E-state index contributed by atoms with van der Waals surface area (Å²) in [7, 11) is -2.60. The number of sulfonamides is 1. The van der Waals surface area contributed by atoms with E-state index in [0.717, 1.165) is 24.8 Å². The van der Waals surface area contributed by atoms with Crippen LogP contribution in [0.2, 0.25) is 0 Å². The van der Waals surface area contributed by atoms with E-state index >= 15 is 0 Å². The molecule has 36 heavy (non-hydrogen) atoms. The minimum absolute atomic E-state index is 0.00509. The van der Waals surface area contributed by atoms with Gasteiger partial charge in [-0.25, -0.2) is 8.42 Å². The number of rotatable bonds is 11. The number of benzene rings is 3. The third-order valence-corrected chi connectivity index (χ3v) is 6.73. The van der Waals surface area contributed by atoms with Crippen molar-refractivity contribution in [2.45, 2.75) is 18.7 Å². The first-order valence-corrected chi connectivity index (χ1v) is 12.5. The number of nitrogens with zero attached hydrogens (tertiary/aromatic N) is 3. The van der Waals surface area contributed by atoms with E-state index in [-0.39, 0.29) is 22.0 Å². The van der Waals surface area contributed by atoms with Gasteiger partial charge < -0.3 is 14.7 Å². The van der Waals surface area contributed by atoms with Gasteiger partial charge >= 0.3 is 0 Å². The topological polar surface area (TPSA) is 146 Å². The fourth-order valence-electron chi connectivity index (χ4n) is 3.40. The van der Waals surface area contributed by atoms with Crippen LogP contribution in [0.1, 0.15) is 19.4 Å². The molecule has 0 aliphatic carbocycles. The van der Waals surface area contributed by atoms with E-state index in [9.17, 15) is 23.6 Å². The summed E-state index contributed by atoms with van der Waals surface area (Å²) in [5.41, 5.74) is 3.59. The van der Waals surface area contributed by atoms with Gasteiger partial charge in [0.05, 0.1) is 23.1 Å². The second-order valence-electron chi connectivity index (χ2n) is 7.56. The smallest absolute Gasteiger partial charge is 0.295 e.